The second-order valence-electron chi connectivity index (χ2n) is 4.02. The zero-order valence-electron chi connectivity index (χ0n) is 10.8. The fraction of sp³-hybridized carbons (Fsp3) is 0.188. The van der Waals surface area contributed by atoms with Crippen LogP contribution < -0.4 is 9.30 Å². The number of aromatic nitrogens is 1. The predicted octanol–water partition coefficient (Wildman–Crippen LogP) is 3.17. The van der Waals surface area contributed by atoms with Gasteiger partial charge < -0.3 is 4.74 Å². The third-order valence-corrected chi connectivity index (χ3v) is 2.88. The van der Waals surface area contributed by atoms with Crippen LogP contribution in [0.3, 0.4) is 0 Å². The Kier molecular flexibility index (Phi) is 4.13. The van der Waals surface area contributed by atoms with Crippen LogP contribution in [-0.2, 0) is 6.54 Å². The number of hydrogen-bond donors (Lipinski definition) is 0. The molecule has 2 aromatic rings. The Hall–Kier alpha value is -2.09. The van der Waals surface area contributed by atoms with Crippen LogP contribution in [0.1, 0.15) is 18.2 Å². The molecule has 2 rings (SSSR count). The van der Waals surface area contributed by atoms with Crippen LogP contribution in [0, 0.1) is 0 Å². The summed E-state index contributed by atoms with van der Waals surface area (Å²) in [7, 11) is 1.68. The lowest BCUT2D eigenvalue weighted by Gasteiger charge is -1.99. The zero-order valence-corrected chi connectivity index (χ0v) is 10.8. The molecule has 0 bridgehead atoms. The van der Waals surface area contributed by atoms with Crippen LogP contribution in [-0.4, -0.2) is 7.11 Å². The molecule has 0 radical (unpaired) electrons. The Balaban J connectivity index is 2.19. The highest BCUT2D eigenvalue weighted by Crippen LogP contribution is 2.13. The first-order valence-corrected chi connectivity index (χ1v) is 6.14. The highest BCUT2D eigenvalue weighted by molar-refractivity contribution is 5.67. The third kappa shape index (κ3) is 2.98. The van der Waals surface area contributed by atoms with E-state index in [0.29, 0.717) is 0 Å². The maximum atomic E-state index is 5.14. The van der Waals surface area contributed by atoms with Crippen LogP contribution in [0.15, 0.2) is 48.7 Å². The lowest BCUT2D eigenvalue weighted by molar-refractivity contribution is -0.695. The van der Waals surface area contributed by atoms with E-state index in [1.165, 1.54) is 11.3 Å². The Morgan fingerprint density at radius 3 is 2.50 bits per heavy atom. The van der Waals surface area contributed by atoms with Crippen LogP contribution >= 0.6 is 0 Å². The highest BCUT2D eigenvalue weighted by atomic mass is 16.5. The van der Waals surface area contributed by atoms with Crippen molar-refractivity contribution in [1.82, 2.24) is 0 Å². The molecular weight excluding hydrogens is 222 g/mol. The van der Waals surface area contributed by atoms with Gasteiger partial charge in [-0.2, -0.15) is 4.57 Å². The van der Waals surface area contributed by atoms with Crippen LogP contribution in [0.25, 0.3) is 12.2 Å². The van der Waals surface area contributed by atoms with E-state index in [4.69, 9.17) is 4.74 Å². The first-order chi connectivity index (χ1) is 8.83. The van der Waals surface area contributed by atoms with Gasteiger partial charge in [-0.25, -0.2) is 0 Å². The number of rotatable bonds is 4. The minimum Gasteiger partial charge on any atom is -0.497 e. The largest absolute Gasteiger partial charge is 0.497 e. The molecule has 1 heterocycles. The summed E-state index contributed by atoms with van der Waals surface area (Å²) in [6, 6.07) is 14.3. The molecule has 0 saturated heterocycles. The standard InChI is InChI=1S/C16H18NO/c1-3-17-13-5-4-6-15(17)10-7-14-8-11-16(18-2)12-9-14/h4-13H,3H2,1-2H3/q+1/b10-7-. The highest BCUT2D eigenvalue weighted by Gasteiger charge is 2.02. The Bertz CT molecular complexity index is 529. The minimum atomic E-state index is 0.885. The fourth-order valence-corrected chi connectivity index (χ4v) is 1.83. The summed E-state index contributed by atoms with van der Waals surface area (Å²) < 4.78 is 7.35. The normalized spacial score (nSPS) is 10.8. The number of aryl methyl sites for hydroxylation is 1. The van der Waals surface area contributed by atoms with Gasteiger partial charge >= 0.3 is 0 Å². The third-order valence-electron chi connectivity index (χ3n) is 2.88. The van der Waals surface area contributed by atoms with Gasteiger partial charge in [0.2, 0.25) is 5.69 Å². The molecule has 0 aliphatic heterocycles. The van der Waals surface area contributed by atoms with Crippen LogP contribution in [0.2, 0.25) is 0 Å². The molecule has 0 spiro atoms. The Morgan fingerprint density at radius 2 is 1.83 bits per heavy atom. The molecule has 0 atom stereocenters. The quantitative estimate of drug-likeness (QED) is 0.748. The van der Waals surface area contributed by atoms with Gasteiger partial charge in [-0.05, 0) is 36.8 Å². The lowest BCUT2D eigenvalue weighted by Crippen LogP contribution is -2.34. The zero-order chi connectivity index (χ0) is 12.8. The molecule has 0 N–H and O–H groups in total. The van der Waals surface area contributed by atoms with Crippen molar-refractivity contribution >= 4 is 12.2 Å². The van der Waals surface area contributed by atoms with Crippen LogP contribution in [0.5, 0.6) is 5.75 Å². The van der Waals surface area contributed by atoms with Gasteiger partial charge in [0, 0.05) is 18.2 Å². The van der Waals surface area contributed by atoms with Crippen LogP contribution in [0.4, 0.5) is 0 Å². The van der Waals surface area contributed by atoms with Gasteiger partial charge in [0.15, 0.2) is 6.20 Å². The smallest absolute Gasteiger partial charge is 0.205 e. The van der Waals surface area contributed by atoms with Gasteiger partial charge in [0.25, 0.3) is 0 Å². The summed E-state index contributed by atoms with van der Waals surface area (Å²) in [5.74, 6) is 0.885. The minimum absolute atomic E-state index is 0.885. The SMILES string of the molecule is CC[n+]1ccccc1/C=C\c1ccc(OC)cc1. The monoisotopic (exact) mass is 240 g/mol. The molecular formula is C16H18NO+. The van der Waals surface area contributed by atoms with E-state index in [1.54, 1.807) is 7.11 Å². The van der Waals surface area contributed by atoms with Crippen molar-refractivity contribution in [3.8, 4) is 5.75 Å². The van der Waals surface area contributed by atoms with Crippen molar-refractivity contribution in [2.75, 3.05) is 7.11 Å². The Labute approximate surface area is 108 Å². The van der Waals surface area contributed by atoms with E-state index in [1.807, 2.05) is 18.2 Å². The average Bonchev–Trinajstić information content (AvgIpc) is 2.46. The molecule has 2 heteroatoms. The van der Waals surface area contributed by atoms with E-state index in [-0.39, 0.29) is 0 Å². The predicted molar refractivity (Wildman–Crippen MR) is 74.2 cm³/mol. The molecule has 0 saturated carbocycles. The van der Waals surface area contributed by atoms with Crippen molar-refractivity contribution in [2.24, 2.45) is 0 Å². The van der Waals surface area contributed by atoms with Crippen molar-refractivity contribution in [1.29, 1.82) is 0 Å². The van der Waals surface area contributed by atoms with Gasteiger partial charge in [-0.1, -0.05) is 12.1 Å². The molecule has 0 fully saturated rings. The summed E-state index contributed by atoms with van der Waals surface area (Å²) in [4.78, 5) is 0. The number of pyridine rings is 1. The second kappa shape index (κ2) is 6.01. The molecule has 0 aliphatic carbocycles. The van der Waals surface area contributed by atoms with Crippen molar-refractivity contribution in [3.05, 3.63) is 59.9 Å². The summed E-state index contributed by atoms with van der Waals surface area (Å²) in [6.45, 7) is 3.12. The first kappa shape index (κ1) is 12.4. The molecule has 1 aromatic heterocycles. The topological polar surface area (TPSA) is 13.1 Å². The van der Waals surface area contributed by atoms with Gasteiger partial charge in [0.1, 0.15) is 12.3 Å². The summed E-state index contributed by atoms with van der Waals surface area (Å²) in [5, 5.41) is 0. The van der Waals surface area contributed by atoms with Gasteiger partial charge in [0.05, 0.1) is 7.11 Å². The molecule has 2 nitrogen and oxygen atoms in total. The summed E-state index contributed by atoms with van der Waals surface area (Å²) in [5.41, 5.74) is 2.37. The molecule has 0 unspecified atom stereocenters. The molecule has 92 valence electrons. The summed E-state index contributed by atoms with van der Waals surface area (Å²) >= 11 is 0. The molecule has 1 aromatic carbocycles. The fourth-order valence-electron chi connectivity index (χ4n) is 1.83. The Morgan fingerprint density at radius 1 is 1.06 bits per heavy atom. The number of benzene rings is 1. The van der Waals surface area contributed by atoms with E-state index >= 15 is 0 Å². The van der Waals surface area contributed by atoms with E-state index in [0.717, 1.165) is 12.3 Å². The van der Waals surface area contributed by atoms with Gasteiger partial charge in [-0.3, -0.25) is 0 Å². The van der Waals surface area contributed by atoms with E-state index in [9.17, 15) is 0 Å². The van der Waals surface area contributed by atoms with E-state index < -0.39 is 0 Å². The molecule has 18 heavy (non-hydrogen) atoms. The molecule has 0 aliphatic rings. The second-order valence-corrected chi connectivity index (χ2v) is 4.02. The summed E-state index contributed by atoms with van der Waals surface area (Å²) in [6.07, 6.45) is 6.33. The number of hydrogen-bond acceptors (Lipinski definition) is 1. The maximum Gasteiger partial charge on any atom is 0.205 e. The number of ether oxygens (including phenoxy) is 1. The van der Waals surface area contributed by atoms with Crippen molar-refractivity contribution in [2.45, 2.75) is 13.5 Å². The number of nitrogens with zero attached hydrogens (tertiary/aromatic N) is 1. The van der Waals surface area contributed by atoms with Crippen molar-refractivity contribution in [3.63, 3.8) is 0 Å². The maximum absolute atomic E-state index is 5.14. The van der Waals surface area contributed by atoms with Crippen molar-refractivity contribution < 1.29 is 9.30 Å². The lowest BCUT2D eigenvalue weighted by atomic mass is 10.2. The average molecular weight is 240 g/mol. The number of methoxy groups -OCH3 is 1. The molecule has 0 amide bonds. The first-order valence-electron chi connectivity index (χ1n) is 6.14. The van der Waals surface area contributed by atoms with Gasteiger partial charge in [-0.15, -0.1) is 0 Å². The van der Waals surface area contributed by atoms with E-state index in [2.05, 4.69) is 54.1 Å².